The van der Waals surface area contributed by atoms with E-state index >= 15 is 0 Å². The third kappa shape index (κ3) is 3.63. The van der Waals surface area contributed by atoms with Crippen molar-refractivity contribution in [2.45, 2.75) is 0 Å². The van der Waals surface area contributed by atoms with Crippen LogP contribution in [0.25, 0.3) is 5.57 Å². The van der Waals surface area contributed by atoms with Crippen LogP contribution in [0, 0.1) is 23.7 Å². The number of halogens is 1. The molecule has 3 aromatic rings. The molecule has 0 N–H and O–H groups in total. The van der Waals surface area contributed by atoms with Crippen LogP contribution in [0.4, 0.5) is 5.69 Å². The van der Waals surface area contributed by atoms with Crippen LogP contribution in [0.5, 0.6) is 17.2 Å². The Labute approximate surface area is 226 Å². The van der Waals surface area contributed by atoms with Crippen molar-refractivity contribution in [2.24, 2.45) is 23.7 Å². The van der Waals surface area contributed by atoms with E-state index in [9.17, 15) is 9.59 Å². The topological polar surface area (TPSA) is 65.1 Å². The predicted molar refractivity (Wildman–Crippen MR) is 146 cm³/mol. The van der Waals surface area contributed by atoms with Crippen molar-refractivity contribution in [1.82, 2.24) is 0 Å². The van der Waals surface area contributed by atoms with Crippen LogP contribution in [0.1, 0.15) is 11.1 Å². The fourth-order valence-corrected chi connectivity index (χ4v) is 6.35. The van der Waals surface area contributed by atoms with E-state index in [1.54, 1.807) is 32.4 Å². The summed E-state index contributed by atoms with van der Waals surface area (Å²) < 4.78 is 16.2. The minimum Gasteiger partial charge on any atom is -0.497 e. The van der Waals surface area contributed by atoms with Crippen molar-refractivity contribution in [2.75, 3.05) is 26.2 Å². The van der Waals surface area contributed by atoms with E-state index in [2.05, 4.69) is 12.2 Å². The van der Waals surface area contributed by atoms with Crippen molar-refractivity contribution in [3.8, 4) is 17.2 Å². The van der Waals surface area contributed by atoms with Gasteiger partial charge in [-0.05, 0) is 64.7 Å². The van der Waals surface area contributed by atoms with Crippen molar-refractivity contribution in [1.29, 1.82) is 0 Å². The van der Waals surface area contributed by atoms with Gasteiger partial charge in [0.05, 0.1) is 38.9 Å². The number of amides is 2. The van der Waals surface area contributed by atoms with E-state index in [0.29, 0.717) is 16.5 Å². The van der Waals surface area contributed by atoms with E-state index in [0.717, 1.165) is 33.8 Å². The number of allylic oxidation sites excluding steroid dienone is 3. The molecule has 2 aliphatic carbocycles. The number of benzene rings is 3. The smallest absolute Gasteiger partial charge is 0.238 e. The Bertz CT molecular complexity index is 1410. The highest BCUT2D eigenvalue weighted by atomic mass is 35.5. The number of carbonyl (C=O) groups excluding carboxylic acids is 2. The first-order chi connectivity index (χ1) is 18.5. The summed E-state index contributed by atoms with van der Waals surface area (Å²) in [4.78, 5) is 29.1. The fourth-order valence-electron chi connectivity index (χ4n) is 6.19. The summed E-state index contributed by atoms with van der Waals surface area (Å²) in [6.07, 6.45) is 4.16. The monoisotopic (exact) mass is 527 g/mol. The number of hydrogen-bond acceptors (Lipinski definition) is 5. The first kappa shape index (κ1) is 24.3. The molecule has 1 saturated heterocycles. The fraction of sp³-hybridized carbons (Fsp3) is 0.226. The number of methoxy groups -OCH3 is 3. The molecule has 4 atom stereocenters. The van der Waals surface area contributed by atoms with Gasteiger partial charge in [0.1, 0.15) is 17.2 Å². The molecule has 192 valence electrons. The first-order valence-electron chi connectivity index (χ1n) is 12.4. The molecule has 2 fully saturated rings. The molecule has 38 heavy (non-hydrogen) atoms. The van der Waals surface area contributed by atoms with Crippen LogP contribution < -0.4 is 19.1 Å². The minimum absolute atomic E-state index is 0.198. The second-order valence-electron chi connectivity index (χ2n) is 9.60. The Morgan fingerprint density at radius 2 is 1.21 bits per heavy atom. The largest absolute Gasteiger partial charge is 0.497 e. The molecule has 1 heterocycles. The van der Waals surface area contributed by atoms with Gasteiger partial charge in [-0.3, -0.25) is 9.59 Å². The lowest BCUT2D eigenvalue weighted by molar-refractivity contribution is -0.123. The summed E-state index contributed by atoms with van der Waals surface area (Å²) in [6, 6.07) is 20.7. The quantitative estimate of drug-likeness (QED) is 0.300. The number of nitrogens with zero attached hydrogens (tertiary/aromatic N) is 1. The molecule has 2 amide bonds. The number of ether oxygens (including phenoxy) is 3. The van der Waals surface area contributed by atoms with Gasteiger partial charge < -0.3 is 14.2 Å². The summed E-state index contributed by atoms with van der Waals surface area (Å²) in [6.45, 7) is 0. The van der Waals surface area contributed by atoms with E-state index in [4.69, 9.17) is 25.8 Å². The second-order valence-corrected chi connectivity index (χ2v) is 10.0. The molecule has 0 aromatic heterocycles. The summed E-state index contributed by atoms with van der Waals surface area (Å²) in [7, 11) is 4.79. The van der Waals surface area contributed by atoms with Gasteiger partial charge in [0.15, 0.2) is 0 Å². The second kappa shape index (κ2) is 9.37. The van der Waals surface area contributed by atoms with E-state index in [1.807, 2.05) is 48.5 Å². The molecule has 3 aromatic carbocycles. The third-order valence-electron chi connectivity index (χ3n) is 7.84. The summed E-state index contributed by atoms with van der Waals surface area (Å²) in [5.41, 5.74) is 4.50. The Morgan fingerprint density at radius 1 is 0.711 bits per heavy atom. The maximum absolute atomic E-state index is 13.9. The van der Waals surface area contributed by atoms with E-state index in [1.165, 1.54) is 12.0 Å². The van der Waals surface area contributed by atoms with Crippen LogP contribution in [0.2, 0.25) is 5.02 Å². The van der Waals surface area contributed by atoms with E-state index in [-0.39, 0.29) is 23.7 Å². The van der Waals surface area contributed by atoms with Gasteiger partial charge in [-0.1, -0.05) is 48.0 Å². The number of fused-ring (bicyclic) bond motifs is 5. The predicted octanol–water partition coefficient (Wildman–Crippen LogP) is 5.79. The highest BCUT2D eigenvalue weighted by Crippen LogP contribution is 2.59. The molecule has 0 radical (unpaired) electrons. The van der Waals surface area contributed by atoms with Gasteiger partial charge in [0, 0.05) is 16.9 Å². The van der Waals surface area contributed by atoms with Crippen molar-refractivity contribution in [3.05, 3.63) is 101 Å². The Morgan fingerprint density at radius 3 is 1.66 bits per heavy atom. The molecular formula is C31H26ClNO5. The molecule has 7 heteroatoms. The zero-order valence-electron chi connectivity index (χ0n) is 21.2. The molecule has 1 aliphatic heterocycles. The van der Waals surface area contributed by atoms with Crippen LogP contribution in [0.15, 0.2) is 84.5 Å². The van der Waals surface area contributed by atoms with Crippen molar-refractivity contribution >= 4 is 34.7 Å². The SMILES string of the molecule is COc1ccc(C(=C2C3C=CC2C2C(=O)N(c4cc(Cl)ccc4OC)C(=O)C32)c2ccc(OC)cc2)cc1. The van der Waals surface area contributed by atoms with Gasteiger partial charge in [0.2, 0.25) is 11.8 Å². The molecule has 6 nitrogen and oxygen atoms in total. The summed E-state index contributed by atoms with van der Waals surface area (Å²) in [5.74, 6) is 0.140. The van der Waals surface area contributed by atoms with Crippen LogP contribution in [0.3, 0.4) is 0 Å². The lowest BCUT2D eigenvalue weighted by atomic mass is 9.85. The lowest BCUT2D eigenvalue weighted by Gasteiger charge is -2.23. The van der Waals surface area contributed by atoms with Gasteiger partial charge in [-0.25, -0.2) is 4.90 Å². The molecule has 3 aliphatic rings. The highest BCUT2D eigenvalue weighted by Gasteiger charge is 2.62. The molecule has 1 saturated carbocycles. The minimum atomic E-state index is -0.484. The summed E-state index contributed by atoms with van der Waals surface area (Å²) in [5, 5.41) is 0.432. The molecular weight excluding hydrogens is 502 g/mol. The van der Waals surface area contributed by atoms with Crippen molar-refractivity contribution in [3.63, 3.8) is 0 Å². The zero-order chi connectivity index (χ0) is 26.6. The summed E-state index contributed by atoms with van der Waals surface area (Å²) >= 11 is 6.24. The number of imide groups is 1. The van der Waals surface area contributed by atoms with Gasteiger partial charge in [0.25, 0.3) is 0 Å². The zero-order valence-corrected chi connectivity index (χ0v) is 21.9. The number of hydrogen-bond donors (Lipinski definition) is 0. The Kier molecular flexibility index (Phi) is 6.00. The van der Waals surface area contributed by atoms with Crippen LogP contribution >= 0.6 is 11.6 Å². The molecule has 0 spiro atoms. The van der Waals surface area contributed by atoms with Crippen molar-refractivity contribution < 1.29 is 23.8 Å². The number of rotatable bonds is 6. The maximum Gasteiger partial charge on any atom is 0.238 e. The van der Waals surface area contributed by atoms with E-state index < -0.39 is 11.8 Å². The maximum atomic E-state index is 13.9. The number of carbonyl (C=O) groups is 2. The van der Waals surface area contributed by atoms with Gasteiger partial charge >= 0.3 is 0 Å². The average molecular weight is 528 g/mol. The Balaban J connectivity index is 1.48. The van der Waals surface area contributed by atoms with Gasteiger partial charge in [-0.2, -0.15) is 0 Å². The van der Waals surface area contributed by atoms with Crippen LogP contribution in [-0.4, -0.2) is 33.1 Å². The average Bonchev–Trinajstić information content (AvgIpc) is 3.58. The molecule has 4 unspecified atom stereocenters. The standard InChI is InChI=1S/C31H26ClNO5/c1-36-20-9-4-17(5-10-20)26(18-6-11-21(37-2)12-7-18)27-22-13-14-23(27)29-28(22)30(34)33(31(29)35)24-16-19(32)8-15-25(24)38-3/h4-16,22-23,28-29H,1-3H3. The lowest BCUT2D eigenvalue weighted by Crippen LogP contribution is -2.33. The van der Waals surface area contributed by atoms with Gasteiger partial charge in [-0.15, -0.1) is 0 Å². The highest BCUT2D eigenvalue weighted by molar-refractivity contribution is 6.31. The normalized spacial score (nSPS) is 23.2. The number of anilines is 1. The third-order valence-corrected chi connectivity index (χ3v) is 8.08. The molecule has 6 rings (SSSR count). The van der Waals surface area contributed by atoms with Crippen LogP contribution in [-0.2, 0) is 9.59 Å². The molecule has 2 bridgehead atoms. The first-order valence-corrected chi connectivity index (χ1v) is 12.8. The Hall–Kier alpha value is -4.03.